The van der Waals surface area contributed by atoms with E-state index in [1.165, 1.54) is 6.21 Å². The molecule has 2 aromatic rings. The standard InChI is InChI=1S/C22H16Cl2N2O3/c23-10-1-3-14(17(24)7-10)18-6-2-11(29-18)9-25-26-21(27)19-12-4-5-13(16-8-15(12)16)20(19)22(26)28/h1-7,9,12-13,15-16,19-20H,8H2/b25-9+/t12-,13-,15-,16-,19-,20+/m1/s1. The van der Waals surface area contributed by atoms with Gasteiger partial charge in [0.25, 0.3) is 11.8 Å². The predicted octanol–water partition coefficient (Wildman–Crippen LogP) is 4.64. The molecule has 2 bridgehead atoms. The number of hydrogen-bond donors (Lipinski definition) is 0. The van der Waals surface area contributed by atoms with Crippen molar-refractivity contribution in [3.05, 3.63) is 58.3 Å². The van der Waals surface area contributed by atoms with Gasteiger partial charge in [-0.25, -0.2) is 0 Å². The van der Waals surface area contributed by atoms with Gasteiger partial charge in [0.1, 0.15) is 11.5 Å². The molecule has 0 spiro atoms. The fraction of sp³-hybridized carbons (Fsp3) is 0.318. The number of halogens is 2. The van der Waals surface area contributed by atoms with Gasteiger partial charge in [0.15, 0.2) is 0 Å². The van der Waals surface area contributed by atoms with Crippen molar-refractivity contribution in [2.75, 3.05) is 0 Å². The van der Waals surface area contributed by atoms with Gasteiger partial charge in [-0.2, -0.15) is 10.1 Å². The number of imide groups is 1. The first-order valence-electron chi connectivity index (χ1n) is 9.68. The van der Waals surface area contributed by atoms with E-state index in [9.17, 15) is 9.59 Å². The summed E-state index contributed by atoms with van der Waals surface area (Å²) < 4.78 is 5.78. The first-order valence-corrected chi connectivity index (χ1v) is 10.4. The second kappa shape index (κ2) is 6.07. The number of benzene rings is 1. The molecule has 7 heteroatoms. The van der Waals surface area contributed by atoms with Crippen LogP contribution in [0.1, 0.15) is 12.2 Å². The number of carbonyl (C=O) groups is 2. The van der Waals surface area contributed by atoms with Crippen LogP contribution in [0.15, 0.2) is 52.0 Å². The van der Waals surface area contributed by atoms with E-state index < -0.39 is 0 Å². The highest BCUT2D eigenvalue weighted by atomic mass is 35.5. The summed E-state index contributed by atoms with van der Waals surface area (Å²) in [5.74, 6) is 1.64. The lowest BCUT2D eigenvalue weighted by molar-refractivity contribution is -0.140. The summed E-state index contributed by atoms with van der Waals surface area (Å²) in [6.45, 7) is 0. The van der Waals surface area contributed by atoms with Crippen molar-refractivity contribution in [1.29, 1.82) is 0 Å². The number of hydrogen-bond acceptors (Lipinski definition) is 4. The zero-order chi connectivity index (χ0) is 19.9. The van der Waals surface area contributed by atoms with Crippen molar-refractivity contribution < 1.29 is 14.0 Å². The largest absolute Gasteiger partial charge is 0.455 e. The minimum atomic E-state index is -0.251. The zero-order valence-corrected chi connectivity index (χ0v) is 16.7. The van der Waals surface area contributed by atoms with Crippen LogP contribution in [0.2, 0.25) is 10.0 Å². The van der Waals surface area contributed by atoms with Crippen LogP contribution in [0, 0.1) is 35.5 Å². The van der Waals surface area contributed by atoms with Crippen LogP contribution in [0.5, 0.6) is 0 Å². The number of rotatable bonds is 3. The van der Waals surface area contributed by atoms with E-state index in [2.05, 4.69) is 17.3 Å². The fourth-order valence-corrected chi connectivity index (χ4v) is 5.93. The Balaban J connectivity index is 1.25. The third kappa shape index (κ3) is 2.50. The molecule has 4 aliphatic carbocycles. The molecule has 29 heavy (non-hydrogen) atoms. The molecule has 3 fully saturated rings. The maximum Gasteiger partial charge on any atom is 0.254 e. The molecule has 2 heterocycles. The lowest BCUT2D eigenvalue weighted by atomic mass is 9.63. The third-order valence-corrected chi connectivity index (χ3v) is 7.31. The molecule has 146 valence electrons. The van der Waals surface area contributed by atoms with Crippen molar-refractivity contribution in [1.82, 2.24) is 5.01 Å². The van der Waals surface area contributed by atoms with Crippen LogP contribution >= 0.6 is 23.2 Å². The van der Waals surface area contributed by atoms with Gasteiger partial charge < -0.3 is 4.42 Å². The van der Waals surface area contributed by atoms with Crippen molar-refractivity contribution in [2.45, 2.75) is 6.42 Å². The summed E-state index contributed by atoms with van der Waals surface area (Å²) in [5, 5.41) is 6.26. The number of hydrazone groups is 1. The Hall–Kier alpha value is -2.37. The zero-order valence-electron chi connectivity index (χ0n) is 15.2. The molecule has 6 atom stereocenters. The molecular formula is C22H16Cl2N2O3. The Kier molecular flexibility index (Phi) is 3.66. The topological polar surface area (TPSA) is 62.9 Å². The summed E-state index contributed by atoms with van der Waals surface area (Å²) in [5.41, 5.74) is 0.705. The van der Waals surface area contributed by atoms with Crippen LogP contribution in [0.3, 0.4) is 0 Å². The molecule has 1 saturated heterocycles. The summed E-state index contributed by atoms with van der Waals surface area (Å²) >= 11 is 12.2. The molecule has 0 unspecified atom stereocenters. The third-order valence-electron chi connectivity index (χ3n) is 6.76. The monoisotopic (exact) mass is 426 g/mol. The molecule has 5 nitrogen and oxygen atoms in total. The Morgan fingerprint density at radius 2 is 1.69 bits per heavy atom. The van der Waals surface area contributed by atoms with Crippen molar-refractivity contribution in [3.8, 4) is 11.3 Å². The number of carbonyl (C=O) groups excluding carboxylic acids is 2. The number of allylic oxidation sites excluding steroid dienone is 2. The molecule has 1 aliphatic heterocycles. The van der Waals surface area contributed by atoms with Crippen LogP contribution in [0.4, 0.5) is 0 Å². The van der Waals surface area contributed by atoms with E-state index >= 15 is 0 Å². The predicted molar refractivity (Wildman–Crippen MR) is 108 cm³/mol. The quantitative estimate of drug-likeness (QED) is 0.407. The molecule has 7 rings (SSSR count). The molecule has 0 N–H and O–H groups in total. The molecule has 0 radical (unpaired) electrons. The Labute approximate surface area is 177 Å². The van der Waals surface area contributed by atoms with E-state index in [4.69, 9.17) is 27.6 Å². The Bertz CT molecular complexity index is 1090. The maximum absolute atomic E-state index is 12.9. The van der Waals surface area contributed by atoms with E-state index in [1.54, 1.807) is 30.3 Å². The van der Waals surface area contributed by atoms with Gasteiger partial charge in [-0.1, -0.05) is 35.4 Å². The molecule has 5 aliphatic rings. The van der Waals surface area contributed by atoms with Crippen molar-refractivity contribution in [2.24, 2.45) is 40.6 Å². The summed E-state index contributed by atoms with van der Waals surface area (Å²) in [7, 11) is 0. The number of furan rings is 1. The van der Waals surface area contributed by atoms with Crippen molar-refractivity contribution >= 4 is 41.2 Å². The molecule has 1 aromatic carbocycles. The van der Waals surface area contributed by atoms with Gasteiger partial charge in [-0.3, -0.25) is 9.59 Å². The molecule has 2 saturated carbocycles. The maximum atomic E-state index is 12.9. The fourth-order valence-electron chi connectivity index (χ4n) is 5.43. The van der Waals surface area contributed by atoms with Gasteiger partial charge in [0.05, 0.1) is 23.1 Å². The lowest BCUT2D eigenvalue weighted by Crippen LogP contribution is -2.40. The lowest BCUT2D eigenvalue weighted by Gasteiger charge is -2.37. The van der Waals surface area contributed by atoms with E-state index in [-0.39, 0.29) is 35.5 Å². The Morgan fingerprint density at radius 1 is 1.00 bits per heavy atom. The van der Waals surface area contributed by atoms with Gasteiger partial charge >= 0.3 is 0 Å². The average molecular weight is 427 g/mol. The smallest absolute Gasteiger partial charge is 0.254 e. The van der Waals surface area contributed by atoms with Crippen molar-refractivity contribution in [3.63, 3.8) is 0 Å². The average Bonchev–Trinajstić information content (AvgIpc) is 3.34. The van der Waals surface area contributed by atoms with E-state index in [0.717, 1.165) is 11.4 Å². The van der Waals surface area contributed by atoms with Gasteiger partial charge in [0.2, 0.25) is 0 Å². The summed E-state index contributed by atoms with van der Waals surface area (Å²) in [6, 6.07) is 8.64. The van der Waals surface area contributed by atoms with Crippen LogP contribution in [-0.4, -0.2) is 23.0 Å². The molecular weight excluding hydrogens is 411 g/mol. The second-order valence-corrected chi connectivity index (χ2v) is 9.06. The Morgan fingerprint density at radius 3 is 2.34 bits per heavy atom. The highest BCUT2D eigenvalue weighted by Crippen LogP contribution is 2.65. The first kappa shape index (κ1) is 17.5. The minimum Gasteiger partial charge on any atom is -0.455 e. The summed E-state index contributed by atoms with van der Waals surface area (Å²) in [6.07, 6.45) is 6.85. The normalized spacial score (nSPS) is 34.2. The summed E-state index contributed by atoms with van der Waals surface area (Å²) in [4.78, 5) is 25.9. The van der Waals surface area contributed by atoms with Crippen LogP contribution < -0.4 is 0 Å². The molecule has 1 aromatic heterocycles. The van der Waals surface area contributed by atoms with Gasteiger partial charge in [-0.15, -0.1) is 0 Å². The van der Waals surface area contributed by atoms with Gasteiger partial charge in [-0.05, 0) is 60.4 Å². The van der Waals surface area contributed by atoms with E-state index in [1.807, 2.05) is 0 Å². The number of nitrogens with zero attached hydrogens (tertiary/aromatic N) is 2. The molecule has 2 amide bonds. The first-order chi connectivity index (χ1) is 14.0. The second-order valence-electron chi connectivity index (χ2n) is 8.21. The van der Waals surface area contributed by atoms with Crippen LogP contribution in [-0.2, 0) is 9.59 Å². The number of amides is 2. The van der Waals surface area contributed by atoms with Crippen LogP contribution in [0.25, 0.3) is 11.3 Å². The van der Waals surface area contributed by atoms with E-state index in [0.29, 0.717) is 39.0 Å². The minimum absolute atomic E-state index is 0.187. The SMILES string of the molecule is O=C1[C@@H]2[C@@H]3C=C[C@H]([C@H]4C[C@H]34)[C@@H]2C(=O)N1/N=C/c1ccc(-c2ccc(Cl)cc2Cl)o1. The van der Waals surface area contributed by atoms with Gasteiger partial charge in [0, 0.05) is 10.6 Å². The highest BCUT2D eigenvalue weighted by Gasteiger charge is 2.67. The highest BCUT2D eigenvalue weighted by molar-refractivity contribution is 6.36.